The first-order valence-corrected chi connectivity index (χ1v) is 4.50. The Hall–Kier alpha value is -1.53. The van der Waals surface area contributed by atoms with Gasteiger partial charge in [-0.1, -0.05) is 11.6 Å². The molecule has 0 saturated carbocycles. The summed E-state index contributed by atoms with van der Waals surface area (Å²) in [5.41, 5.74) is 10.4. The average Bonchev–Trinajstić information content (AvgIpc) is 2.18. The topological polar surface area (TPSA) is 104 Å². The molecule has 0 aromatic heterocycles. The molecule has 0 aliphatic rings. The Morgan fingerprint density at radius 3 is 2.73 bits per heavy atom. The van der Waals surface area contributed by atoms with Crippen molar-refractivity contribution >= 4 is 23.0 Å². The molecule has 0 aliphatic heterocycles. The fourth-order valence-electron chi connectivity index (χ4n) is 1.02. The SMILES string of the molecule is NCCOc1cc(Cl)cc([N+](=O)[O-])c1N. The summed E-state index contributed by atoms with van der Waals surface area (Å²) in [5, 5.41) is 10.8. The van der Waals surface area contributed by atoms with E-state index in [1.807, 2.05) is 0 Å². The van der Waals surface area contributed by atoms with Crippen molar-refractivity contribution in [2.75, 3.05) is 18.9 Å². The number of nitrogen functional groups attached to an aromatic ring is 1. The van der Waals surface area contributed by atoms with Crippen molar-refractivity contribution in [3.8, 4) is 5.75 Å². The van der Waals surface area contributed by atoms with Crippen LogP contribution in [0.4, 0.5) is 11.4 Å². The molecule has 1 rings (SSSR count). The molecule has 0 bridgehead atoms. The van der Waals surface area contributed by atoms with Crippen molar-refractivity contribution in [1.82, 2.24) is 0 Å². The minimum Gasteiger partial charge on any atom is -0.490 e. The van der Waals surface area contributed by atoms with E-state index in [4.69, 9.17) is 27.8 Å². The third kappa shape index (κ3) is 2.71. The monoisotopic (exact) mass is 231 g/mol. The van der Waals surface area contributed by atoms with Crippen LogP contribution in [0.2, 0.25) is 5.02 Å². The molecule has 0 atom stereocenters. The van der Waals surface area contributed by atoms with E-state index in [1.54, 1.807) is 0 Å². The Labute approximate surface area is 90.9 Å². The second-order valence-corrected chi connectivity index (χ2v) is 3.17. The number of nitrogens with two attached hydrogens (primary N) is 2. The lowest BCUT2D eigenvalue weighted by molar-refractivity contribution is -0.383. The summed E-state index contributed by atoms with van der Waals surface area (Å²) in [4.78, 5) is 9.97. The number of ether oxygens (including phenoxy) is 1. The summed E-state index contributed by atoms with van der Waals surface area (Å²) in [7, 11) is 0. The molecule has 0 spiro atoms. The first-order chi connectivity index (χ1) is 7.06. The number of nitro benzene ring substituents is 1. The molecule has 0 aliphatic carbocycles. The van der Waals surface area contributed by atoms with Gasteiger partial charge in [0, 0.05) is 18.7 Å². The van der Waals surface area contributed by atoms with E-state index in [9.17, 15) is 10.1 Å². The number of hydrogen-bond acceptors (Lipinski definition) is 5. The van der Waals surface area contributed by atoms with Crippen molar-refractivity contribution in [3.63, 3.8) is 0 Å². The summed E-state index contributed by atoms with van der Waals surface area (Å²) in [6.45, 7) is 0.515. The first kappa shape index (κ1) is 11.5. The third-order valence-corrected chi connectivity index (χ3v) is 1.88. The summed E-state index contributed by atoms with van der Waals surface area (Å²) in [5.74, 6) is 0.180. The van der Waals surface area contributed by atoms with Gasteiger partial charge >= 0.3 is 0 Å². The van der Waals surface area contributed by atoms with Gasteiger partial charge in [0.25, 0.3) is 5.69 Å². The number of rotatable bonds is 4. The molecule has 82 valence electrons. The first-order valence-electron chi connectivity index (χ1n) is 4.12. The number of nitrogens with zero attached hydrogens (tertiary/aromatic N) is 1. The van der Waals surface area contributed by atoms with E-state index in [1.165, 1.54) is 12.1 Å². The van der Waals surface area contributed by atoms with Gasteiger partial charge in [-0.25, -0.2) is 0 Å². The average molecular weight is 232 g/mol. The van der Waals surface area contributed by atoms with Crippen molar-refractivity contribution in [1.29, 1.82) is 0 Å². The summed E-state index contributed by atoms with van der Waals surface area (Å²) >= 11 is 5.67. The summed E-state index contributed by atoms with van der Waals surface area (Å²) < 4.78 is 5.12. The predicted molar refractivity (Wildman–Crippen MR) is 57.1 cm³/mol. The van der Waals surface area contributed by atoms with Crippen LogP contribution >= 0.6 is 11.6 Å². The molecule has 1 aromatic carbocycles. The van der Waals surface area contributed by atoms with Crippen LogP contribution in [0.3, 0.4) is 0 Å². The molecule has 0 fully saturated rings. The van der Waals surface area contributed by atoms with Gasteiger partial charge in [-0.3, -0.25) is 10.1 Å². The van der Waals surface area contributed by atoms with E-state index in [-0.39, 0.29) is 28.8 Å². The molecular weight excluding hydrogens is 222 g/mol. The Kier molecular flexibility index (Phi) is 3.70. The van der Waals surface area contributed by atoms with E-state index in [2.05, 4.69) is 0 Å². The van der Waals surface area contributed by atoms with Gasteiger partial charge in [0.1, 0.15) is 6.61 Å². The molecule has 15 heavy (non-hydrogen) atoms. The second-order valence-electron chi connectivity index (χ2n) is 2.73. The summed E-state index contributed by atoms with van der Waals surface area (Å²) in [6.07, 6.45) is 0. The van der Waals surface area contributed by atoms with Crippen molar-refractivity contribution in [2.24, 2.45) is 5.73 Å². The fourth-order valence-corrected chi connectivity index (χ4v) is 1.22. The maximum Gasteiger partial charge on any atom is 0.297 e. The zero-order valence-corrected chi connectivity index (χ0v) is 8.53. The lowest BCUT2D eigenvalue weighted by atomic mass is 10.2. The standard InChI is InChI=1S/C8H10ClN3O3/c9-5-3-6(12(13)14)8(11)7(4-5)15-2-1-10/h3-4H,1-2,10-11H2. The van der Waals surface area contributed by atoms with E-state index >= 15 is 0 Å². The smallest absolute Gasteiger partial charge is 0.297 e. The molecule has 0 saturated heterocycles. The van der Waals surface area contributed by atoms with Crippen LogP contribution in [-0.4, -0.2) is 18.1 Å². The van der Waals surface area contributed by atoms with Crippen LogP contribution in [0.25, 0.3) is 0 Å². The molecule has 0 amide bonds. The molecule has 0 radical (unpaired) electrons. The third-order valence-electron chi connectivity index (χ3n) is 1.66. The predicted octanol–water partition coefficient (Wildman–Crippen LogP) is 1.17. The molecule has 0 unspecified atom stereocenters. The number of anilines is 1. The maximum atomic E-state index is 10.6. The molecular formula is C8H10ClN3O3. The Bertz CT molecular complexity index is 384. The number of benzene rings is 1. The minimum absolute atomic E-state index is 0.0437. The zero-order chi connectivity index (χ0) is 11.4. The van der Waals surface area contributed by atoms with Gasteiger partial charge in [0.15, 0.2) is 11.4 Å². The largest absolute Gasteiger partial charge is 0.490 e. The molecule has 0 heterocycles. The van der Waals surface area contributed by atoms with Gasteiger partial charge in [-0.2, -0.15) is 0 Å². The molecule has 6 nitrogen and oxygen atoms in total. The van der Waals surface area contributed by atoms with E-state index < -0.39 is 4.92 Å². The normalized spacial score (nSPS) is 10.0. The van der Waals surface area contributed by atoms with Crippen molar-refractivity contribution < 1.29 is 9.66 Å². The lowest BCUT2D eigenvalue weighted by Gasteiger charge is -2.08. The highest BCUT2D eigenvalue weighted by atomic mass is 35.5. The fraction of sp³-hybridized carbons (Fsp3) is 0.250. The second kappa shape index (κ2) is 4.81. The number of hydrogen-bond donors (Lipinski definition) is 2. The quantitative estimate of drug-likeness (QED) is 0.460. The Morgan fingerprint density at radius 2 is 2.20 bits per heavy atom. The molecule has 7 heteroatoms. The van der Waals surface area contributed by atoms with Crippen LogP contribution < -0.4 is 16.2 Å². The van der Waals surface area contributed by atoms with Crippen molar-refractivity contribution in [2.45, 2.75) is 0 Å². The minimum atomic E-state index is -0.615. The Balaban J connectivity index is 3.10. The van der Waals surface area contributed by atoms with Crippen LogP contribution in [0.5, 0.6) is 5.75 Å². The van der Waals surface area contributed by atoms with Gasteiger partial charge in [0.05, 0.1) is 9.95 Å². The maximum absolute atomic E-state index is 10.6. The number of nitro groups is 1. The molecule has 4 N–H and O–H groups in total. The van der Waals surface area contributed by atoms with Gasteiger partial charge in [0.2, 0.25) is 0 Å². The van der Waals surface area contributed by atoms with E-state index in [0.29, 0.717) is 6.54 Å². The highest BCUT2D eigenvalue weighted by molar-refractivity contribution is 6.31. The highest BCUT2D eigenvalue weighted by Crippen LogP contribution is 2.34. The van der Waals surface area contributed by atoms with Crippen molar-refractivity contribution in [3.05, 3.63) is 27.3 Å². The van der Waals surface area contributed by atoms with Crippen LogP contribution in [0.1, 0.15) is 0 Å². The van der Waals surface area contributed by atoms with Crippen LogP contribution in [-0.2, 0) is 0 Å². The lowest BCUT2D eigenvalue weighted by Crippen LogP contribution is -2.11. The van der Waals surface area contributed by atoms with Gasteiger partial charge < -0.3 is 16.2 Å². The summed E-state index contributed by atoms with van der Waals surface area (Å²) in [6, 6.07) is 2.59. The highest BCUT2D eigenvalue weighted by Gasteiger charge is 2.17. The van der Waals surface area contributed by atoms with E-state index in [0.717, 1.165) is 0 Å². The van der Waals surface area contributed by atoms with Crippen LogP contribution in [0, 0.1) is 10.1 Å². The van der Waals surface area contributed by atoms with Gasteiger partial charge in [-0.05, 0) is 0 Å². The van der Waals surface area contributed by atoms with Gasteiger partial charge in [-0.15, -0.1) is 0 Å². The molecule has 1 aromatic rings. The zero-order valence-electron chi connectivity index (χ0n) is 7.77. The van der Waals surface area contributed by atoms with Crippen LogP contribution in [0.15, 0.2) is 12.1 Å². The number of halogens is 1. The Morgan fingerprint density at radius 1 is 1.53 bits per heavy atom.